The van der Waals surface area contributed by atoms with E-state index in [0.29, 0.717) is 13.0 Å². The molecule has 1 atom stereocenters. The molecule has 0 radical (unpaired) electrons. The first-order valence-electron chi connectivity index (χ1n) is 5.59. The van der Waals surface area contributed by atoms with Gasteiger partial charge in [0.15, 0.2) is 5.96 Å². The first-order valence-corrected chi connectivity index (χ1v) is 5.59. The van der Waals surface area contributed by atoms with Crippen molar-refractivity contribution in [1.82, 2.24) is 5.32 Å². The lowest BCUT2D eigenvalue weighted by molar-refractivity contribution is -0.121. The molecule has 0 aromatic heterocycles. The van der Waals surface area contributed by atoms with E-state index >= 15 is 0 Å². The maximum Gasteiger partial charge on any atom is 0.254 e. The van der Waals surface area contributed by atoms with Crippen LogP contribution < -0.4 is 16.8 Å². The molecule has 0 aromatic carbocycles. The number of hydrogen-bond acceptors (Lipinski definition) is 2. The lowest BCUT2D eigenvalue weighted by Crippen LogP contribution is -2.34. The molecule has 1 aliphatic heterocycles. The smallest absolute Gasteiger partial charge is 0.254 e. The van der Waals surface area contributed by atoms with Crippen LogP contribution in [-0.2, 0) is 4.79 Å². The topological polar surface area (TPSA) is 93.5 Å². The van der Waals surface area contributed by atoms with Crippen molar-refractivity contribution in [2.45, 2.75) is 12.8 Å². The molecule has 2 aliphatic rings. The van der Waals surface area contributed by atoms with Crippen molar-refractivity contribution in [2.24, 2.45) is 22.4 Å². The maximum absolute atomic E-state index is 11.7. The minimum atomic E-state index is -0.249. The first kappa shape index (κ1) is 11.4. The van der Waals surface area contributed by atoms with Crippen molar-refractivity contribution in [3.63, 3.8) is 0 Å². The van der Waals surface area contributed by atoms with Crippen LogP contribution in [-0.4, -0.2) is 18.4 Å². The zero-order chi connectivity index (χ0) is 12.3. The molecule has 1 aliphatic carbocycles. The van der Waals surface area contributed by atoms with Gasteiger partial charge in [0.25, 0.3) is 5.91 Å². The standard InChI is InChI=1S/C12H16N4O/c13-12(14)16-11(17)9-6-8-4-2-1-3-5-10(8)15-7-9/h1-3,5,9,15H,4,6-7H2,(H4,13,14,16,17). The Balaban J connectivity index is 2.11. The molecule has 0 saturated heterocycles. The van der Waals surface area contributed by atoms with Crippen LogP contribution in [0, 0.1) is 5.92 Å². The van der Waals surface area contributed by atoms with E-state index in [1.807, 2.05) is 18.2 Å². The zero-order valence-electron chi connectivity index (χ0n) is 9.52. The molecule has 0 bridgehead atoms. The zero-order valence-corrected chi connectivity index (χ0v) is 9.52. The molecule has 90 valence electrons. The normalized spacial score (nSPS) is 22.5. The lowest BCUT2D eigenvalue weighted by Gasteiger charge is -2.24. The number of aliphatic imine (C=N–C) groups is 1. The molecule has 0 saturated carbocycles. The second kappa shape index (κ2) is 4.86. The molecule has 0 aromatic rings. The molecule has 0 spiro atoms. The van der Waals surface area contributed by atoms with E-state index in [2.05, 4.69) is 16.4 Å². The Morgan fingerprint density at radius 2 is 2.24 bits per heavy atom. The number of nitrogens with zero attached hydrogens (tertiary/aromatic N) is 1. The van der Waals surface area contributed by atoms with Gasteiger partial charge in [-0.1, -0.05) is 18.2 Å². The van der Waals surface area contributed by atoms with E-state index in [1.54, 1.807) is 0 Å². The van der Waals surface area contributed by atoms with Gasteiger partial charge in [-0.05, 0) is 24.5 Å². The van der Waals surface area contributed by atoms with Crippen LogP contribution in [0.2, 0.25) is 0 Å². The number of rotatable bonds is 1. The molecule has 0 fully saturated rings. The third-order valence-electron chi connectivity index (χ3n) is 2.88. The Labute approximate surface area is 100.0 Å². The predicted molar refractivity (Wildman–Crippen MR) is 66.8 cm³/mol. The number of carbonyl (C=O) groups excluding carboxylic acids is 1. The molecule has 2 rings (SSSR count). The van der Waals surface area contributed by atoms with Gasteiger partial charge in [-0.3, -0.25) is 4.79 Å². The fourth-order valence-corrected chi connectivity index (χ4v) is 2.04. The Bertz CT molecular complexity index is 441. The summed E-state index contributed by atoms with van der Waals surface area (Å²) in [6.45, 7) is 0.582. The summed E-state index contributed by atoms with van der Waals surface area (Å²) in [7, 11) is 0. The van der Waals surface area contributed by atoms with Gasteiger partial charge in [0.05, 0.1) is 5.92 Å². The summed E-state index contributed by atoms with van der Waals surface area (Å²) in [6, 6.07) is 0. The highest BCUT2D eigenvalue weighted by atomic mass is 16.1. The Kier molecular flexibility index (Phi) is 3.27. The van der Waals surface area contributed by atoms with Crippen molar-refractivity contribution in [3.05, 3.63) is 35.6 Å². The van der Waals surface area contributed by atoms with Gasteiger partial charge >= 0.3 is 0 Å². The third-order valence-corrected chi connectivity index (χ3v) is 2.88. The molecular weight excluding hydrogens is 216 g/mol. The summed E-state index contributed by atoms with van der Waals surface area (Å²) in [5.74, 6) is -0.590. The summed E-state index contributed by atoms with van der Waals surface area (Å²) in [6.07, 6.45) is 9.68. The average molecular weight is 232 g/mol. The van der Waals surface area contributed by atoms with Crippen LogP contribution in [0.3, 0.4) is 0 Å². The van der Waals surface area contributed by atoms with Crippen LogP contribution in [0.4, 0.5) is 0 Å². The van der Waals surface area contributed by atoms with E-state index in [1.165, 1.54) is 5.57 Å². The highest BCUT2D eigenvalue weighted by Crippen LogP contribution is 2.25. The fourth-order valence-electron chi connectivity index (χ4n) is 2.04. The summed E-state index contributed by atoms with van der Waals surface area (Å²) in [4.78, 5) is 15.3. The van der Waals surface area contributed by atoms with E-state index < -0.39 is 0 Å². The number of hydrogen-bond donors (Lipinski definition) is 3. The number of allylic oxidation sites excluding steroid dienone is 5. The highest BCUT2D eigenvalue weighted by Gasteiger charge is 2.25. The monoisotopic (exact) mass is 232 g/mol. The van der Waals surface area contributed by atoms with E-state index in [-0.39, 0.29) is 17.8 Å². The SMILES string of the molecule is NC(N)=NC(=O)C1CNC2=C(CC=CC=C2)C1. The Morgan fingerprint density at radius 1 is 1.41 bits per heavy atom. The number of nitrogens with two attached hydrogens (primary N) is 2. The maximum atomic E-state index is 11.7. The molecule has 1 heterocycles. The molecule has 17 heavy (non-hydrogen) atoms. The van der Waals surface area contributed by atoms with Gasteiger partial charge < -0.3 is 16.8 Å². The molecule has 1 unspecified atom stereocenters. The van der Waals surface area contributed by atoms with Crippen LogP contribution in [0.5, 0.6) is 0 Å². The van der Waals surface area contributed by atoms with Crippen molar-refractivity contribution in [3.8, 4) is 0 Å². The minimum absolute atomic E-state index is 0.171. The van der Waals surface area contributed by atoms with E-state index in [4.69, 9.17) is 11.5 Å². The van der Waals surface area contributed by atoms with Gasteiger partial charge in [-0.25, -0.2) is 0 Å². The van der Waals surface area contributed by atoms with Crippen LogP contribution in [0.25, 0.3) is 0 Å². The molecule has 5 heteroatoms. The second-order valence-electron chi connectivity index (χ2n) is 4.17. The summed E-state index contributed by atoms with van der Waals surface area (Å²) in [5, 5.41) is 3.25. The van der Waals surface area contributed by atoms with Gasteiger partial charge in [0, 0.05) is 12.2 Å². The number of carbonyl (C=O) groups is 1. The van der Waals surface area contributed by atoms with Crippen LogP contribution >= 0.6 is 0 Å². The summed E-state index contributed by atoms with van der Waals surface area (Å²) in [5.41, 5.74) is 12.8. The molecule has 5 N–H and O–H groups in total. The van der Waals surface area contributed by atoms with Crippen molar-refractivity contribution >= 4 is 11.9 Å². The average Bonchev–Trinajstić information content (AvgIpc) is 2.51. The van der Waals surface area contributed by atoms with Gasteiger partial charge in [-0.2, -0.15) is 4.99 Å². The van der Waals surface area contributed by atoms with Crippen molar-refractivity contribution < 1.29 is 4.79 Å². The van der Waals surface area contributed by atoms with Crippen LogP contribution in [0.1, 0.15) is 12.8 Å². The Hall–Kier alpha value is -2.04. The Morgan fingerprint density at radius 3 is 3.00 bits per heavy atom. The summed E-state index contributed by atoms with van der Waals surface area (Å²) < 4.78 is 0. The van der Waals surface area contributed by atoms with E-state index in [9.17, 15) is 4.79 Å². The highest BCUT2D eigenvalue weighted by molar-refractivity contribution is 5.93. The number of amides is 1. The number of guanidine groups is 1. The van der Waals surface area contributed by atoms with Gasteiger partial charge in [-0.15, -0.1) is 0 Å². The van der Waals surface area contributed by atoms with Gasteiger partial charge in [0.1, 0.15) is 0 Å². The first-order chi connectivity index (χ1) is 8.16. The summed E-state index contributed by atoms with van der Waals surface area (Å²) >= 11 is 0. The third kappa shape index (κ3) is 2.75. The largest absolute Gasteiger partial charge is 0.384 e. The fraction of sp³-hybridized carbons (Fsp3) is 0.333. The molecule has 1 amide bonds. The minimum Gasteiger partial charge on any atom is -0.384 e. The predicted octanol–water partition coefficient (Wildman–Crippen LogP) is 0.166. The van der Waals surface area contributed by atoms with Crippen molar-refractivity contribution in [2.75, 3.05) is 6.54 Å². The number of nitrogens with one attached hydrogen (secondary N) is 1. The molecule has 5 nitrogen and oxygen atoms in total. The van der Waals surface area contributed by atoms with E-state index in [0.717, 1.165) is 12.1 Å². The van der Waals surface area contributed by atoms with Crippen LogP contribution in [0.15, 0.2) is 40.6 Å². The quantitative estimate of drug-likeness (QED) is 0.443. The second-order valence-corrected chi connectivity index (χ2v) is 4.17. The molecular formula is C12H16N4O. The van der Waals surface area contributed by atoms with Crippen molar-refractivity contribution in [1.29, 1.82) is 0 Å². The lowest BCUT2D eigenvalue weighted by atomic mass is 9.91. The van der Waals surface area contributed by atoms with Gasteiger partial charge in [0.2, 0.25) is 0 Å².